The van der Waals surface area contributed by atoms with Gasteiger partial charge in [-0.3, -0.25) is 4.79 Å². The molecule has 1 fully saturated rings. The Morgan fingerprint density at radius 2 is 2.55 bits per heavy atom. The lowest BCUT2D eigenvalue weighted by atomic mass is 9.93. The van der Waals surface area contributed by atoms with Gasteiger partial charge in [-0.05, 0) is 30.5 Å². The summed E-state index contributed by atoms with van der Waals surface area (Å²) >= 11 is 1.46. The summed E-state index contributed by atoms with van der Waals surface area (Å²) in [5.41, 5.74) is 1.32. The summed E-state index contributed by atoms with van der Waals surface area (Å²) in [5.74, 6) is 1.69. The molecule has 3 heteroatoms. The highest BCUT2D eigenvalue weighted by Gasteiger charge is 2.23. The zero-order chi connectivity index (χ0) is 7.68. The number of carbonyl (C=O) groups is 1. The van der Waals surface area contributed by atoms with Gasteiger partial charge in [-0.1, -0.05) is 11.8 Å². The maximum absolute atomic E-state index is 11.0. The van der Waals surface area contributed by atoms with Gasteiger partial charge in [0.25, 0.3) is 0 Å². The quantitative estimate of drug-likeness (QED) is 0.581. The molecule has 1 saturated heterocycles. The molecule has 11 heavy (non-hydrogen) atoms. The lowest BCUT2D eigenvalue weighted by Gasteiger charge is -2.28. The van der Waals surface area contributed by atoms with Crippen LogP contribution in [0.1, 0.15) is 6.42 Å². The van der Waals surface area contributed by atoms with Gasteiger partial charge in [-0.15, -0.1) is 0 Å². The minimum Gasteiger partial charge on any atom is -0.313 e. The van der Waals surface area contributed by atoms with Crippen molar-refractivity contribution in [2.24, 2.45) is 5.92 Å². The number of carbonyl (C=O) groups excluding carboxylic acids is 1. The van der Waals surface area contributed by atoms with Crippen molar-refractivity contribution in [3.63, 3.8) is 0 Å². The molecule has 2 nitrogen and oxygen atoms in total. The molecule has 0 saturated carbocycles. The number of rotatable bonds is 0. The summed E-state index contributed by atoms with van der Waals surface area (Å²) in [7, 11) is 0. The van der Waals surface area contributed by atoms with Crippen LogP contribution in [0.2, 0.25) is 0 Å². The topological polar surface area (TPSA) is 29.1 Å². The molecule has 0 aromatic rings. The molecule has 0 radical (unpaired) electrons. The van der Waals surface area contributed by atoms with Crippen molar-refractivity contribution in [2.45, 2.75) is 6.42 Å². The molecular formula is C8H11NOS. The summed E-state index contributed by atoms with van der Waals surface area (Å²) in [4.78, 5) is 11.0. The molecule has 0 amide bonds. The Labute approximate surface area is 70.4 Å². The first-order valence-corrected chi connectivity index (χ1v) is 4.93. The maximum Gasteiger partial charge on any atom is 0.212 e. The SMILES string of the molecule is O=C1C=C2CNCCC2CS1. The smallest absolute Gasteiger partial charge is 0.212 e. The molecular weight excluding hydrogens is 158 g/mol. The molecule has 0 aromatic carbocycles. The number of nitrogens with one attached hydrogen (secondary N) is 1. The Morgan fingerprint density at radius 1 is 1.64 bits per heavy atom. The van der Waals surface area contributed by atoms with Gasteiger partial charge in [0, 0.05) is 12.3 Å². The number of hydrogen-bond donors (Lipinski definition) is 1. The summed E-state index contributed by atoms with van der Waals surface area (Å²) in [6.07, 6.45) is 3.01. The highest BCUT2D eigenvalue weighted by molar-refractivity contribution is 8.14. The summed E-state index contributed by atoms with van der Waals surface area (Å²) < 4.78 is 0. The van der Waals surface area contributed by atoms with Crippen LogP contribution in [0.25, 0.3) is 0 Å². The molecule has 2 aliphatic heterocycles. The van der Waals surface area contributed by atoms with Gasteiger partial charge in [0.2, 0.25) is 5.12 Å². The van der Waals surface area contributed by atoms with Crippen molar-refractivity contribution in [1.29, 1.82) is 0 Å². The van der Waals surface area contributed by atoms with Gasteiger partial charge in [0.1, 0.15) is 0 Å². The van der Waals surface area contributed by atoms with Crippen molar-refractivity contribution in [3.05, 3.63) is 11.6 Å². The van der Waals surface area contributed by atoms with Crippen LogP contribution in [0.3, 0.4) is 0 Å². The Morgan fingerprint density at radius 3 is 3.45 bits per heavy atom. The third-order valence-electron chi connectivity index (χ3n) is 2.25. The van der Waals surface area contributed by atoms with E-state index in [2.05, 4.69) is 5.32 Å². The summed E-state index contributed by atoms with van der Waals surface area (Å²) in [6.45, 7) is 2.04. The van der Waals surface area contributed by atoms with E-state index < -0.39 is 0 Å². The van der Waals surface area contributed by atoms with Crippen LogP contribution in [-0.4, -0.2) is 24.0 Å². The zero-order valence-corrected chi connectivity index (χ0v) is 7.12. The normalized spacial score (nSPS) is 31.1. The van der Waals surface area contributed by atoms with Gasteiger partial charge >= 0.3 is 0 Å². The van der Waals surface area contributed by atoms with Crippen molar-refractivity contribution in [3.8, 4) is 0 Å². The lowest BCUT2D eigenvalue weighted by Crippen LogP contribution is -2.33. The average Bonchev–Trinajstić information content (AvgIpc) is 2.04. The predicted octanol–water partition coefficient (Wildman–Crippen LogP) is 0.796. The molecule has 60 valence electrons. The standard InChI is InChI=1S/C8H11NOS/c10-8-3-7-4-9-2-1-6(7)5-11-8/h3,6,9H,1-2,4-5H2. The number of thioether (sulfide) groups is 1. The Kier molecular flexibility index (Phi) is 2.00. The fourth-order valence-electron chi connectivity index (χ4n) is 1.57. The van der Waals surface area contributed by atoms with E-state index in [9.17, 15) is 4.79 Å². The largest absolute Gasteiger partial charge is 0.313 e. The van der Waals surface area contributed by atoms with Crippen LogP contribution < -0.4 is 5.32 Å². The van der Waals surface area contributed by atoms with Crippen LogP contribution in [0.15, 0.2) is 11.6 Å². The Hall–Kier alpha value is -0.280. The fraction of sp³-hybridized carbons (Fsp3) is 0.625. The molecule has 0 aromatic heterocycles. The van der Waals surface area contributed by atoms with Gasteiger partial charge in [0.15, 0.2) is 0 Å². The van der Waals surface area contributed by atoms with E-state index in [1.165, 1.54) is 23.8 Å². The van der Waals surface area contributed by atoms with Crippen molar-refractivity contribution >= 4 is 16.9 Å². The van der Waals surface area contributed by atoms with E-state index in [4.69, 9.17) is 0 Å². The number of piperidine rings is 1. The third kappa shape index (κ3) is 1.49. The van der Waals surface area contributed by atoms with E-state index in [0.717, 1.165) is 18.8 Å². The van der Waals surface area contributed by atoms with Crippen LogP contribution in [0.5, 0.6) is 0 Å². The number of hydrogen-bond acceptors (Lipinski definition) is 3. The van der Waals surface area contributed by atoms with Crippen molar-refractivity contribution in [1.82, 2.24) is 5.32 Å². The molecule has 2 heterocycles. The van der Waals surface area contributed by atoms with Gasteiger partial charge in [0.05, 0.1) is 0 Å². The predicted molar refractivity (Wildman–Crippen MR) is 46.5 cm³/mol. The van der Waals surface area contributed by atoms with Gasteiger partial charge < -0.3 is 5.32 Å². The van der Waals surface area contributed by atoms with Crippen molar-refractivity contribution < 1.29 is 4.79 Å². The lowest BCUT2D eigenvalue weighted by molar-refractivity contribution is -0.107. The van der Waals surface area contributed by atoms with Crippen LogP contribution >= 0.6 is 11.8 Å². The highest BCUT2D eigenvalue weighted by Crippen LogP contribution is 2.28. The van der Waals surface area contributed by atoms with E-state index in [1.54, 1.807) is 0 Å². The van der Waals surface area contributed by atoms with Gasteiger partial charge in [-0.25, -0.2) is 0 Å². The second kappa shape index (κ2) is 2.99. The Bertz CT molecular complexity index is 212. The first-order chi connectivity index (χ1) is 5.36. The molecule has 0 bridgehead atoms. The van der Waals surface area contributed by atoms with Crippen LogP contribution in [0.4, 0.5) is 0 Å². The minimum absolute atomic E-state index is 0.236. The average molecular weight is 169 g/mol. The van der Waals surface area contributed by atoms with E-state index in [1.807, 2.05) is 6.08 Å². The highest BCUT2D eigenvalue weighted by atomic mass is 32.2. The van der Waals surface area contributed by atoms with Crippen LogP contribution in [0, 0.1) is 5.92 Å². The second-order valence-corrected chi connectivity index (χ2v) is 4.04. The summed E-state index contributed by atoms with van der Waals surface area (Å²) in [6, 6.07) is 0. The molecule has 0 aliphatic carbocycles. The van der Waals surface area contributed by atoms with Crippen LogP contribution in [-0.2, 0) is 4.79 Å². The molecule has 1 atom stereocenters. The van der Waals surface area contributed by atoms with Gasteiger partial charge in [-0.2, -0.15) is 0 Å². The molecule has 1 unspecified atom stereocenters. The monoisotopic (exact) mass is 169 g/mol. The van der Waals surface area contributed by atoms with Crippen molar-refractivity contribution in [2.75, 3.05) is 18.8 Å². The second-order valence-electron chi connectivity index (χ2n) is 3.01. The first-order valence-electron chi connectivity index (χ1n) is 3.94. The minimum atomic E-state index is 0.236. The van der Waals surface area contributed by atoms with E-state index in [0.29, 0.717) is 5.92 Å². The summed E-state index contributed by atoms with van der Waals surface area (Å²) in [5, 5.41) is 3.51. The Balaban J connectivity index is 2.16. The molecule has 2 rings (SSSR count). The molecule has 1 N–H and O–H groups in total. The van der Waals surface area contributed by atoms with E-state index >= 15 is 0 Å². The number of fused-ring (bicyclic) bond motifs is 1. The first kappa shape index (κ1) is 7.37. The maximum atomic E-state index is 11.0. The van der Waals surface area contributed by atoms with E-state index in [-0.39, 0.29) is 5.12 Å². The fourth-order valence-corrected chi connectivity index (χ4v) is 2.55. The third-order valence-corrected chi connectivity index (χ3v) is 3.22. The molecule has 2 aliphatic rings. The molecule has 0 spiro atoms. The zero-order valence-electron chi connectivity index (χ0n) is 6.30.